The second-order valence-corrected chi connectivity index (χ2v) is 8.32. The predicted octanol–water partition coefficient (Wildman–Crippen LogP) is 2.73. The average Bonchev–Trinajstić information content (AvgIpc) is 3.12. The van der Waals surface area contributed by atoms with E-state index >= 15 is 0 Å². The highest BCUT2D eigenvalue weighted by atomic mass is 19.1. The van der Waals surface area contributed by atoms with Crippen LogP contribution in [0.2, 0.25) is 0 Å². The van der Waals surface area contributed by atoms with Crippen LogP contribution in [0.3, 0.4) is 0 Å². The zero-order valence-electron chi connectivity index (χ0n) is 17.7. The molecule has 0 aliphatic carbocycles. The molecule has 166 valence electrons. The summed E-state index contributed by atoms with van der Waals surface area (Å²) in [7, 11) is 0. The Labute approximate surface area is 185 Å². The fourth-order valence-corrected chi connectivity index (χ4v) is 4.24. The molecule has 2 fully saturated rings. The first-order valence-corrected chi connectivity index (χ1v) is 10.5. The number of carbonyl (C=O) groups excluding carboxylic acids is 4. The minimum absolute atomic E-state index is 0.106. The Morgan fingerprint density at radius 1 is 1.00 bits per heavy atom. The molecule has 0 bridgehead atoms. The van der Waals surface area contributed by atoms with Gasteiger partial charge in [-0.05, 0) is 37.5 Å². The summed E-state index contributed by atoms with van der Waals surface area (Å²) < 4.78 is 13.7. The van der Waals surface area contributed by atoms with E-state index in [0.29, 0.717) is 37.1 Å². The quantitative estimate of drug-likeness (QED) is 0.555. The van der Waals surface area contributed by atoms with Gasteiger partial charge in [0.1, 0.15) is 6.67 Å². The molecule has 0 radical (unpaired) electrons. The maximum Gasteiger partial charge on any atom is 0.322 e. The van der Waals surface area contributed by atoms with E-state index in [1.807, 2.05) is 36.5 Å². The van der Waals surface area contributed by atoms with Gasteiger partial charge in [0.25, 0.3) is 11.8 Å². The van der Waals surface area contributed by atoms with Crippen LogP contribution in [0.15, 0.2) is 48.5 Å². The number of halogens is 1. The molecule has 32 heavy (non-hydrogen) atoms. The minimum atomic E-state index is -1.77. The molecule has 0 aromatic heterocycles. The summed E-state index contributed by atoms with van der Waals surface area (Å²) in [4.78, 5) is 50.9. The molecule has 2 aliphatic heterocycles. The van der Waals surface area contributed by atoms with Crippen molar-refractivity contribution in [2.75, 3.05) is 19.8 Å². The summed E-state index contributed by atoms with van der Waals surface area (Å²) in [6, 6.07) is 12.8. The van der Waals surface area contributed by atoms with Crippen LogP contribution in [0.25, 0.3) is 0 Å². The first-order valence-electron chi connectivity index (χ1n) is 10.5. The van der Waals surface area contributed by atoms with E-state index in [0.717, 1.165) is 5.56 Å². The number of nitrogens with zero attached hydrogens (tertiary/aromatic N) is 1. The number of hydrogen-bond acceptors (Lipinski definition) is 4. The molecule has 2 aromatic carbocycles. The third-order valence-corrected chi connectivity index (χ3v) is 6.26. The zero-order chi connectivity index (χ0) is 22.9. The molecule has 4 rings (SSSR count). The maximum atomic E-state index is 13.7. The molecule has 0 spiro atoms. The minimum Gasteiger partial charge on any atom is -0.339 e. The highest BCUT2D eigenvalue weighted by Crippen LogP contribution is 2.27. The zero-order valence-corrected chi connectivity index (χ0v) is 17.7. The largest absolute Gasteiger partial charge is 0.339 e. The van der Waals surface area contributed by atoms with E-state index in [1.54, 1.807) is 4.90 Å². The highest BCUT2D eigenvalue weighted by Gasteiger charge is 2.48. The van der Waals surface area contributed by atoms with Crippen LogP contribution in [0.4, 0.5) is 9.18 Å². The van der Waals surface area contributed by atoms with Gasteiger partial charge in [-0.2, -0.15) is 0 Å². The summed E-state index contributed by atoms with van der Waals surface area (Å²) in [5, 5.41) is 4.37. The normalized spacial score (nSPS) is 21.2. The van der Waals surface area contributed by atoms with E-state index in [4.69, 9.17) is 0 Å². The summed E-state index contributed by atoms with van der Waals surface area (Å²) in [6.45, 7) is 1.81. The lowest BCUT2D eigenvalue weighted by atomic mass is 9.88. The highest BCUT2D eigenvalue weighted by molar-refractivity contribution is 6.07. The van der Waals surface area contributed by atoms with Crippen LogP contribution >= 0.6 is 0 Å². The van der Waals surface area contributed by atoms with Gasteiger partial charge in [0.2, 0.25) is 0 Å². The summed E-state index contributed by atoms with van der Waals surface area (Å²) in [5.41, 5.74) is 0.688. The topological polar surface area (TPSA) is 95.6 Å². The van der Waals surface area contributed by atoms with Crippen LogP contribution in [-0.2, 0) is 10.3 Å². The molecule has 2 aromatic rings. The summed E-state index contributed by atoms with van der Waals surface area (Å²) in [6.07, 6.45) is 1.18. The Kier molecular flexibility index (Phi) is 5.78. The lowest BCUT2D eigenvalue weighted by Gasteiger charge is -2.31. The van der Waals surface area contributed by atoms with Crippen molar-refractivity contribution in [2.45, 2.75) is 25.3 Å². The first-order chi connectivity index (χ1) is 15.3. The van der Waals surface area contributed by atoms with Crippen molar-refractivity contribution in [1.82, 2.24) is 15.5 Å². The molecule has 8 heteroatoms. The lowest BCUT2D eigenvalue weighted by Crippen LogP contribution is -2.46. The standard InChI is InChI=1S/C24H24FN3O4/c1-15-2-4-16(5-3-15)20(29)17-10-12-28(13-11-17)21(30)18-6-8-19(9-7-18)24(14-25)22(31)26-23(32)27-24/h2-9,17H,10-14H2,1H3,(H2,26,27,31,32). The number of nitrogens with one attached hydrogen (secondary N) is 2. The number of likely N-dealkylation sites (tertiary alicyclic amines) is 1. The van der Waals surface area contributed by atoms with E-state index in [-0.39, 0.29) is 23.2 Å². The molecule has 4 amide bonds. The molecule has 2 saturated heterocycles. The number of benzene rings is 2. The number of hydrogen-bond donors (Lipinski definition) is 2. The Hall–Kier alpha value is -3.55. The molecule has 2 heterocycles. The van der Waals surface area contributed by atoms with Crippen LogP contribution in [0, 0.1) is 12.8 Å². The second-order valence-electron chi connectivity index (χ2n) is 8.32. The Morgan fingerprint density at radius 2 is 1.59 bits per heavy atom. The molecule has 1 unspecified atom stereocenters. The van der Waals surface area contributed by atoms with Gasteiger partial charge in [0.15, 0.2) is 11.3 Å². The molecule has 2 N–H and O–H groups in total. The molecule has 7 nitrogen and oxygen atoms in total. The van der Waals surface area contributed by atoms with Gasteiger partial charge in [-0.3, -0.25) is 19.7 Å². The van der Waals surface area contributed by atoms with Crippen molar-refractivity contribution in [3.63, 3.8) is 0 Å². The Morgan fingerprint density at radius 3 is 2.12 bits per heavy atom. The van der Waals surface area contributed by atoms with Gasteiger partial charge in [-0.15, -0.1) is 0 Å². The van der Waals surface area contributed by atoms with Gasteiger partial charge < -0.3 is 10.2 Å². The fourth-order valence-electron chi connectivity index (χ4n) is 4.24. The number of imide groups is 1. The number of ketones is 1. The van der Waals surface area contributed by atoms with Gasteiger partial charge in [0, 0.05) is 30.1 Å². The van der Waals surface area contributed by atoms with Crippen molar-refractivity contribution < 1.29 is 23.6 Å². The fraction of sp³-hybridized carbons (Fsp3) is 0.333. The predicted molar refractivity (Wildman–Crippen MR) is 115 cm³/mol. The third kappa shape index (κ3) is 3.88. The van der Waals surface area contributed by atoms with Crippen molar-refractivity contribution in [3.8, 4) is 0 Å². The smallest absolute Gasteiger partial charge is 0.322 e. The lowest BCUT2D eigenvalue weighted by molar-refractivity contribution is -0.124. The number of urea groups is 1. The average molecular weight is 437 g/mol. The van der Waals surface area contributed by atoms with Crippen molar-refractivity contribution in [1.29, 1.82) is 0 Å². The van der Waals surface area contributed by atoms with E-state index in [1.165, 1.54) is 24.3 Å². The Bertz CT molecular complexity index is 1060. The van der Waals surface area contributed by atoms with E-state index in [2.05, 4.69) is 5.32 Å². The Balaban J connectivity index is 1.40. The number of amides is 4. The maximum absolute atomic E-state index is 13.7. The van der Waals surface area contributed by atoms with Crippen molar-refractivity contribution >= 4 is 23.6 Å². The van der Waals surface area contributed by atoms with E-state index in [9.17, 15) is 23.6 Å². The number of Topliss-reactive ketones (excluding diaryl/α,β-unsaturated/α-hetero) is 1. The van der Waals surface area contributed by atoms with Gasteiger partial charge >= 0.3 is 6.03 Å². The van der Waals surface area contributed by atoms with Gasteiger partial charge in [0.05, 0.1) is 0 Å². The first kappa shape index (κ1) is 21.7. The molecule has 2 aliphatic rings. The van der Waals surface area contributed by atoms with Crippen LogP contribution in [0.1, 0.15) is 44.7 Å². The molecular weight excluding hydrogens is 413 g/mol. The van der Waals surface area contributed by atoms with Crippen LogP contribution in [0.5, 0.6) is 0 Å². The third-order valence-electron chi connectivity index (χ3n) is 6.26. The number of rotatable bonds is 5. The van der Waals surface area contributed by atoms with E-state index < -0.39 is 24.2 Å². The van der Waals surface area contributed by atoms with Gasteiger partial charge in [-0.25, -0.2) is 9.18 Å². The number of alkyl halides is 1. The summed E-state index contributed by atoms with van der Waals surface area (Å²) in [5.74, 6) is -0.954. The molecular formula is C24H24FN3O4. The molecule has 0 saturated carbocycles. The van der Waals surface area contributed by atoms with Crippen molar-refractivity contribution in [3.05, 3.63) is 70.8 Å². The van der Waals surface area contributed by atoms with Crippen molar-refractivity contribution in [2.24, 2.45) is 5.92 Å². The number of carbonyl (C=O) groups is 4. The molecule has 1 atom stereocenters. The van der Waals surface area contributed by atoms with Crippen LogP contribution < -0.4 is 10.6 Å². The number of aryl methyl sites for hydroxylation is 1. The second kappa shape index (κ2) is 8.53. The monoisotopic (exact) mass is 437 g/mol. The van der Waals surface area contributed by atoms with Gasteiger partial charge in [-0.1, -0.05) is 42.0 Å². The van der Waals surface area contributed by atoms with Crippen LogP contribution in [-0.4, -0.2) is 48.3 Å². The summed E-state index contributed by atoms with van der Waals surface area (Å²) >= 11 is 0. The number of piperidine rings is 1. The SMILES string of the molecule is Cc1ccc(C(=O)C2CCN(C(=O)c3ccc(C4(CF)NC(=O)NC4=O)cc3)CC2)cc1.